The second-order valence-corrected chi connectivity index (χ2v) is 2.04. The van der Waals surface area contributed by atoms with Crippen LogP contribution in [0.15, 0.2) is 6.20 Å². The lowest BCUT2D eigenvalue weighted by atomic mass is 10.2. The van der Waals surface area contributed by atoms with Gasteiger partial charge < -0.3 is 0 Å². The van der Waals surface area contributed by atoms with Gasteiger partial charge in [-0.15, -0.1) is 0 Å². The first-order chi connectivity index (χ1) is 5.16. The summed E-state index contributed by atoms with van der Waals surface area (Å²) >= 11 is 0. The molecule has 0 aliphatic heterocycles. The quantitative estimate of drug-likeness (QED) is 0.578. The van der Waals surface area contributed by atoms with E-state index < -0.39 is 17.2 Å². The predicted molar refractivity (Wildman–Crippen MR) is 34.3 cm³/mol. The summed E-state index contributed by atoms with van der Waals surface area (Å²) in [6, 6.07) is 0. The number of aromatic nitrogens is 1. The van der Waals surface area contributed by atoms with E-state index in [0.29, 0.717) is 0 Å². The zero-order chi connectivity index (χ0) is 8.43. The van der Waals surface area contributed by atoms with Crippen molar-refractivity contribution in [1.29, 1.82) is 0 Å². The summed E-state index contributed by atoms with van der Waals surface area (Å²) in [4.78, 5) is 13.5. The molecule has 0 radical (unpaired) electrons. The van der Waals surface area contributed by atoms with Crippen molar-refractivity contribution in [3.63, 3.8) is 0 Å². The number of carbonyl (C=O) groups is 1. The largest absolute Gasteiger partial charge is 0.298 e. The molecule has 0 atom stereocenters. The van der Waals surface area contributed by atoms with Crippen molar-refractivity contribution in [3.8, 4) is 0 Å². The Bertz CT molecular complexity index is 299. The molecule has 1 aromatic heterocycles. The number of carbonyl (C=O) groups excluding carboxylic acids is 1. The fraction of sp³-hybridized carbons (Fsp3) is 0.143. The summed E-state index contributed by atoms with van der Waals surface area (Å²) < 4.78 is 25.2. The minimum Gasteiger partial charge on any atom is -0.298 e. The van der Waals surface area contributed by atoms with E-state index in [1.807, 2.05) is 0 Å². The van der Waals surface area contributed by atoms with E-state index in [-0.39, 0.29) is 12.0 Å². The molecule has 1 heterocycles. The highest BCUT2D eigenvalue weighted by Gasteiger charge is 2.10. The molecule has 0 saturated carbocycles. The number of pyridine rings is 1. The topological polar surface area (TPSA) is 30.0 Å². The lowest BCUT2D eigenvalue weighted by molar-refractivity contribution is 0.111. The highest BCUT2D eigenvalue weighted by Crippen LogP contribution is 2.10. The zero-order valence-corrected chi connectivity index (χ0v) is 5.77. The molecular weight excluding hydrogens is 152 g/mol. The van der Waals surface area contributed by atoms with E-state index in [2.05, 4.69) is 4.98 Å². The number of rotatable bonds is 1. The SMILES string of the molecule is Cc1ncc(F)c(C=O)c1F. The molecule has 4 heteroatoms. The second-order valence-electron chi connectivity index (χ2n) is 2.04. The Balaban J connectivity index is 3.40. The van der Waals surface area contributed by atoms with Gasteiger partial charge in [-0.1, -0.05) is 0 Å². The van der Waals surface area contributed by atoms with Crippen molar-refractivity contribution in [3.05, 3.63) is 29.1 Å². The van der Waals surface area contributed by atoms with Gasteiger partial charge in [-0.05, 0) is 6.92 Å². The average Bonchev–Trinajstić information content (AvgIpc) is 1.99. The molecule has 1 rings (SSSR count). The number of hydrogen-bond acceptors (Lipinski definition) is 2. The molecule has 1 aromatic rings. The van der Waals surface area contributed by atoms with E-state index in [1.54, 1.807) is 0 Å². The van der Waals surface area contributed by atoms with Gasteiger partial charge in [0.25, 0.3) is 0 Å². The van der Waals surface area contributed by atoms with Crippen LogP contribution in [0.1, 0.15) is 16.1 Å². The lowest BCUT2D eigenvalue weighted by Gasteiger charge is -1.97. The van der Waals surface area contributed by atoms with Crippen LogP contribution in [0.5, 0.6) is 0 Å². The number of aryl methyl sites for hydroxylation is 1. The fourth-order valence-electron chi connectivity index (χ4n) is 0.687. The van der Waals surface area contributed by atoms with Gasteiger partial charge in [-0.3, -0.25) is 9.78 Å². The Hall–Kier alpha value is -1.32. The minimum absolute atomic E-state index is 0.0218. The molecule has 11 heavy (non-hydrogen) atoms. The normalized spacial score (nSPS) is 9.73. The van der Waals surface area contributed by atoms with Crippen LogP contribution in [0.2, 0.25) is 0 Å². The number of halogens is 2. The Morgan fingerprint density at radius 3 is 2.64 bits per heavy atom. The summed E-state index contributed by atoms with van der Waals surface area (Å²) in [5, 5.41) is 0. The van der Waals surface area contributed by atoms with Gasteiger partial charge >= 0.3 is 0 Å². The molecule has 0 aliphatic carbocycles. The first-order valence-electron chi connectivity index (χ1n) is 2.92. The van der Waals surface area contributed by atoms with E-state index in [1.165, 1.54) is 6.92 Å². The van der Waals surface area contributed by atoms with Crippen LogP contribution < -0.4 is 0 Å². The maximum absolute atomic E-state index is 12.7. The van der Waals surface area contributed by atoms with E-state index in [9.17, 15) is 13.6 Å². The van der Waals surface area contributed by atoms with Gasteiger partial charge in [0.2, 0.25) is 0 Å². The first kappa shape index (κ1) is 7.78. The molecule has 0 aromatic carbocycles. The van der Waals surface area contributed by atoms with Crippen LogP contribution in [0, 0.1) is 18.6 Å². The highest BCUT2D eigenvalue weighted by atomic mass is 19.1. The van der Waals surface area contributed by atoms with Crippen LogP contribution in [-0.2, 0) is 0 Å². The summed E-state index contributed by atoms with van der Waals surface area (Å²) in [7, 11) is 0. The Labute approximate surface area is 61.9 Å². The standard InChI is InChI=1S/C7H5F2NO/c1-4-7(9)5(3-11)6(8)2-10-4/h2-3H,1H3. The van der Waals surface area contributed by atoms with Crippen molar-refractivity contribution in [2.24, 2.45) is 0 Å². The van der Waals surface area contributed by atoms with Gasteiger partial charge in [0.15, 0.2) is 17.9 Å². The molecular formula is C7H5F2NO. The first-order valence-corrected chi connectivity index (χ1v) is 2.92. The number of nitrogens with zero attached hydrogens (tertiary/aromatic N) is 1. The molecule has 0 amide bonds. The molecule has 0 bridgehead atoms. The molecule has 0 fully saturated rings. The van der Waals surface area contributed by atoms with Crippen molar-refractivity contribution < 1.29 is 13.6 Å². The molecule has 58 valence electrons. The van der Waals surface area contributed by atoms with Crippen molar-refractivity contribution >= 4 is 6.29 Å². The predicted octanol–water partition coefficient (Wildman–Crippen LogP) is 1.48. The van der Waals surface area contributed by atoms with E-state index in [4.69, 9.17) is 0 Å². The zero-order valence-electron chi connectivity index (χ0n) is 5.77. The van der Waals surface area contributed by atoms with Gasteiger partial charge in [0.05, 0.1) is 17.5 Å². The van der Waals surface area contributed by atoms with E-state index in [0.717, 1.165) is 6.20 Å². The number of hydrogen-bond donors (Lipinski definition) is 0. The molecule has 2 nitrogen and oxygen atoms in total. The molecule has 0 spiro atoms. The summed E-state index contributed by atoms with van der Waals surface area (Å²) in [5.74, 6) is -1.82. The third-order valence-corrected chi connectivity index (χ3v) is 1.30. The van der Waals surface area contributed by atoms with Crippen LogP contribution in [0.25, 0.3) is 0 Å². The van der Waals surface area contributed by atoms with Gasteiger partial charge in [-0.2, -0.15) is 0 Å². The van der Waals surface area contributed by atoms with Crippen LogP contribution in [0.3, 0.4) is 0 Å². The maximum atomic E-state index is 12.7. The Kier molecular flexibility index (Phi) is 1.94. The van der Waals surface area contributed by atoms with Crippen LogP contribution in [0.4, 0.5) is 8.78 Å². The van der Waals surface area contributed by atoms with Crippen LogP contribution in [-0.4, -0.2) is 11.3 Å². The van der Waals surface area contributed by atoms with Crippen molar-refractivity contribution in [1.82, 2.24) is 4.98 Å². The molecule has 0 aliphatic rings. The Morgan fingerprint density at radius 1 is 1.55 bits per heavy atom. The smallest absolute Gasteiger partial charge is 0.157 e. The average molecular weight is 157 g/mol. The van der Waals surface area contributed by atoms with Gasteiger partial charge in [0, 0.05) is 0 Å². The van der Waals surface area contributed by atoms with Crippen LogP contribution >= 0.6 is 0 Å². The highest BCUT2D eigenvalue weighted by molar-refractivity contribution is 5.75. The van der Waals surface area contributed by atoms with Gasteiger partial charge in [0.1, 0.15) is 0 Å². The Morgan fingerprint density at radius 2 is 2.18 bits per heavy atom. The lowest BCUT2D eigenvalue weighted by Crippen LogP contribution is -1.98. The second kappa shape index (κ2) is 2.74. The summed E-state index contributed by atoms with van der Waals surface area (Å²) in [5.41, 5.74) is -0.536. The fourth-order valence-corrected chi connectivity index (χ4v) is 0.687. The van der Waals surface area contributed by atoms with Crippen molar-refractivity contribution in [2.75, 3.05) is 0 Å². The third kappa shape index (κ3) is 1.24. The van der Waals surface area contributed by atoms with Crippen molar-refractivity contribution in [2.45, 2.75) is 6.92 Å². The van der Waals surface area contributed by atoms with E-state index >= 15 is 0 Å². The maximum Gasteiger partial charge on any atom is 0.157 e. The molecule has 0 N–H and O–H groups in total. The molecule has 0 saturated heterocycles. The number of aldehydes is 1. The molecule has 0 unspecified atom stereocenters. The van der Waals surface area contributed by atoms with Gasteiger partial charge in [-0.25, -0.2) is 8.78 Å². The third-order valence-electron chi connectivity index (χ3n) is 1.30. The minimum atomic E-state index is -0.928. The summed E-state index contributed by atoms with van der Waals surface area (Å²) in [6.07, 6.45) is 0.960. The monoisotopic (exact) mass is 157 g/mol. The summed E-state index contributed by atoms with van der Waals surface area (Å²) in [6.45, 7) is 1.36.